The minimum Gasteiger partial charge on any atom is -0.870 e. The van der Waals surface area contributed by atoms with Crippen LogP contribution in [0.2, 0.25) is 0 Å². The molecule has 2 aromatic heterocycles. The number of carboxylic acids is 1. The minimum absolute atomic E-state index is 0. The van der Waals surface area contributed by atoms with Gasteiger partial charge in [-0.2, -0.15) is 0 Å². The molecule has 0 saturated carbocycles. The van der Waals surface area contributed by atoms with Gasteiger partial charge in [-0.25, -0.2) is 28.3 Å². The number of benzene rings is 4. The first kappa shape index (κ1) is 61.4. The van der Waals surface area contributed by atoms with E-state index in [0.717, 1.165) is 40.5 Å². The van der Waals surface area contributed by atoms with Crippen LogP contribution < -0.4 is 69.8 Å². The Bertz CT molecular complexity index is 3190. The summed E-state index contributed by atoms with van der Waals surface area (Å²) in [4.78, 5) is 62.4. The number of carboxylic acid groups (broad SMARTS) is 1. The standard InChI is InChI=1S/C26H27FN6O5S.C24H23FN6O5S.Na.H2O/c1-3-36-24(35)18-5-4-17(13-20(18)27)38-22-14-19-16(12-21(22)37-10-8-31-33-28)6-7-30-26(19,2)15-23(34)32-25-29-9-11-39-25;1-24(13-21(32)30-23-27-7-9-37-23)17-12-20(36-15-2-3-16(22(33)34)18(25)11-15)19(35-8-6-29-31-26)10-14(17)4-5-28-24;;/h4-5,9,11-14,30H,3,6-8,10,15H2,1-2H3,(H,29,32,34);2-3,7,9-12,28H,4-6,8,13H2,1H3,(H,33,34)(H,27,30,32);;1H2/q;;+1;/p-1/t26-;24-;;/m11../s1. The molecule has 23 nitrogen and oxygen atoms in total. The number of halogens is 2. The molecule has 2 aliphatic rings. The van der Waals surface area contributed by atoms with Crippen LogP contribution in [0.15, 0.2) is 94.0 Å². The van der Waals surface area contributed by atoms with Crippen LogP contribution in [0.4, 0.5) is 19.0 Å². The number of carbonyl (C=O) groups is 4. The maximum absolute atomic E-state index is 14.7. The smallest absolute Gasteiger partial charge is 0.870 e. The largest absolute Gasteiger partial charge is 1.00 e. The normalized spacial score (nSPS) is 15.7. The predicted octanol–water partition coefficient (Wildman–Crippen LogP) is 7.01. The van der Waals surface area contributed by atoms with Crippen molar-refractivity contribution >= 4 is 56.7 Å². The van der Waals surface area contributed by atoms with E-state index in [1.807, 2.05) is 19.9 Å². The van der Waals surface area contributed by atoms with Gasteiger partial charge in [0.1, 0.15) is 23.1 Å². The molecule has 0 bridgehead atoms. The van der Waals surface area contributed by atoms with Crippen molar-refractivity contribution in [1.82, 2.24) is 20.6 Å². The van der Waals surface area contributed by atoms with Crippen molar-refractivity contribution in [3.63, 3.8) is 0 Å². The van der Waals surface area contributed by atoms with Crippen LogP contribution in [-0.4, -0.2) is 90.3 Å². The maximum Gasteiger partial charge on any atom is 1.00 e. The van der Waals surface area contributed by atoms with E-state index in [1.54, 1.807) is 48.3 Å². The van der Waals surface area contributed by atoms with E-state index < -0.39 is 40.2 Å². The van der Waals surface area contributed by atoms with Gasteiger partial charge in [-0.05, 0) is 115 Å². The fourth-order valence-electron chi connectivity index (χ4n) is 8.42. The van der Waals surface area contributed by atoms with Gasteiger partial charge in [-0.15, -0.1) is 22.7 Å². The van der Waals surface area contributed by atoms with Gasteiger partial charge < -0.3 is 55.5 Å². The molecule has 6 aromatic rings. The van der Waals surface area contributed by atoms with E-state index in [0.29, 0.717) is 47.7 Å². The van der Waals surface area contributed by atoms with Crippen LogP contribution in [0.3, 0.4) is 0 Å². The molecule has 8 rings (SSSR count). The molecule has 28 heteroatoms. The van der Waals surface area contributed by atoms with E-state index >= 15 is 0 Å². The average Bonchev–Trinajstić information content (AvgIpc) is 4.12. The number of amides is 2. The summed E-state index contributed by atoms with van der Waals surface area (Å²) in [5, 5.41) is 33.1. The Hall–Kier alpha value is -7.42. The summed E-state index contributed by atoms with van der Waals surface area (Å²) in [6.45, 7) is 7.21. The van der Waals surface area contributed by atoms with Crippen molar-refractivity contribution in [2.24, 2.45) is 10.2 Å². The number of azide groups is 2. The number of nitrogens with zero attached hydrogens (tertiary/aromatic N) is 8. The summed E-state index contributed by atoms with van der Waals surface area (Å²) >= 11 is 2.65. The van der Waals surface area contributed by atoms with Crippen molar-refractivity contribution in [2.45, 2.75) is 57.5 Å². The molecule has 404 valence electrons. The first-order valence-corrected chi connectivity index (χ1v) is 25.2. The van der Waals surface area contributed by atoms with Crippen LogP contribution in [0.25, 0.3) is 20.9 Å². The number of ether oxygens (including phenoxy) is 5. The van der Waals surface area contributed by atoms with Crippen molar-refractivity contribution in [2.75, 3.05) is 56.6 Å². The molecular formula is C50H51F2N12NaO11S2. The third-order valence-corrected chi connectivity index (χ3v) is 13.2. The molecule has 6 N–H and O–H groups in total. The molecule has 0 aliphatic carbocycles. The first-order valence-electron chi connectivity index (χ1n) is 23.5. The van der Waals surface area contributed by atoms with E-state index in [9.17, 15) is 28.0 Å². The van der Waals surface area contributed by atoms with Gasteiger partial charge in [-0.3, -0.25) is 9.59 Å². The zero-order valence-corrected chi connectivity index (χ0v) is 46.2. The second-order valence-corrected chi connectivity index (χ2v) is 19.0. The number of fused-ring (bicyclic) bond motifs is 2. The number of hydrogen-bond donors (Lipinski definition) is 5. The Labute approximate surface area is 474 Å². The molecule has 4 aromatic carbocycles. The number of carbonyl (C=O) groups excluding carboxylic acids is 3. The summed E-state index contributed by atoms with van der Waals surface area (Å²) in [5.74, 6) is -2.91. The zero-order chi connectivity index (χ0) is 54.2. The number of aromatic carboxylic acids is 1. The van der Waals surface area contributed by atoms with Gasteiger partial charge in [0.15, 0.2) is 33.3 Å². The Morgan fingerprint density at radius 2 is 1.17 bits per heavy atom. The Balaban J connectivity index is 0.000000281. The molecule has 0 unspecified atom stereocenters. The summed E-state index contributed by atoms with van der Waals surface area (Å²) in [5.41, 5.74) is 18.4. The fraction of sp³-hybridized carbons (Fsp3) is 0.320. The van der Waals surface area contributed by atoms with E-state index in [-0.39, 0.29) is 121 Å². The average molecular weight is 1120 g/mol. The molecule has 0 spiro atoms. The molecule has 2 atom stereocenters. The number of anilines is 2. The summed E-state index contributed by atoms with van der Waals surface area (Å²) in [6.07, 6.45) is 4.79. The summed E-state index contributed by atoms with van der Waals surface area (Å²) < 4.78 is 57.5. The molecule has 0 saturated heterocycles. The van der Waals surface area contributed by atoms with E-state index in [1.165, 1.54) is 40.9 Å². The van der Waals surface area contributed by atoms with Gasteiger partial charge in [-0.1, -0.05) is 10.2 Å². The van der Waals surface area contributed by atoms with Crippen LogP contribution in [0.5, 0.6) is 34.5 Å². The minimum atomic E-state index is -1.39. The molecule has 0 radical (unpaired) electrons. The SMILES string of the molecule is CCOC(=O)c1ccc(Oc2cc3c(cc2OCCN=[N+]=[N-])CCN[C@]3(C)CC(=O)Nc2nccs2)cc1F.C[C@]1(CC(=O)Nc2nccs2)NCCc2cc(OCCN=[N+]=[N-])c(Oc3ccc(C(=O)O)c(F)c3)cc21.[Na+].[OH-]. The fourth-order valence-corrected chi connectivity index (χ4v) is 9.51. The molecule has 2 amide bonds. The summed E-state index contributed by atoms with van der Waals surface area (Å²) in [6, 6.07) is 14.4. The quantitative estimate of drug-likeness (QED) is 0.0121. The molecular weight excluding hydrogens is 1070 g/mol. The molecule has 78 heavy (non-hydrogen) atoms. The number of rotatable bonds is 21. The summed E-state index contributed by atoms with van der Waals surface area (Å²) in [7, 11) is 0. The van der Waals surface area contributed by atoms with Crippen LogP contribution >= 0.6 is 22.7 Å². The van der Waals surface area contributed by atoms with Gasteiger partial charge in [0, 0.05) is 82.1 Å². The van der Waals surface area contributed by atoms with Crippen molar-refractivity contribution in [3.05, 3.63) is 150 Å². The van der Waals surface area contributed by atoms with Gasteiger partial charge >= 0.3 is 41.5 Å². The third-order valence-electron chi connectivity index (χ3n) is 11.8. The van der Waals surface area contributed by atoms with Crippen LogP contribution in [0, 0.1) is 11.6 Å². The Kier molecular flexibility index (Phi) is 22.7. The van der Waals surface area contributed by atoms with E-state index in [2.05, 4.69) is 51.3 Å². The van der Waals surface area contributed by atoms with Crippen LogP contribution in [-0.2, 0) is 38.2 Å². The monoisotopic (exact) mass is 1120 g/mol. The molecule has 4 heterocycles. The number of aromatic nitrogens is 2. The number of hydrogen-bond acceptors (Lipinski definition) is 18. The third kappa shape index (κ3) is 16.1. The van der Waals surface area contributed by atoms with E-state index in [4.69, 9.17) is 39.9 Å². The second kappa shape index (κ2) is 28.8. The van der Waals surface area contributed by atoms with Gasteiger partial charge in [0.25, 0.3) is 0 Å². The van der Waals surface area contributed by atoms with Gasteiger partial charge in [0.2, 0.25) is 11.8 Å². The Morgan fingerprint density at radius 1 is 0.718 bits per heavy atom. The predicted molar refractivity (Wildman–Crippen MR) is 279 cm³/mol. The van der Waals surface area contributed by atoms with Crippen LogP contribution in [0.1, 0.15) is 76.6 Å². The number of nitrogens with one attached hydrogen (secondary N) is 4. The maximum atomic E-state index is 14.7. The first-order chi connectivity index (χ1) is 36.6. The topological polar surface area (TPSA) is 336 Å². The van der Waals surface area contributed by atoms with Crippen molar-refractivity contribution < 1.29 is 91.8 Å². The molecule has 2 aliphatic heterocycles. The van der Waals surface area contributed by atoms with Crippen molar-refractivity contribution in [1.29, 1.82) is 0 Å². The second-order valence-electron chi connectivity index (χ2n) is 17.2. The van der Waals surface area contributed by atoms with Gasteiger partial charge in [0.05, 0.1) is 44.0 Å². The van der Waals surface area contributed by atoms with Crippen molar-refractivity contribution in [3.8, 4) is 34.5 Å². The number of thiazole rings is 2. The Morgan fingerprint density at radius 3 is 1.55 bits per heavy atom. The number of esters is 1. The molecule has 0 fully saturated rings. The zero-order valence-electron chi connectivity index (χ0n) is 42.6.